The molecule has 7 heteroatoms. The molecule has 1 spiro atoms. The van der Waals surface area contributed by atoms with Gasteiger partial charge in [-0.05, 0) is 49.8 Å². The molecule has 2 aromatic heterocycles. The highest BCUT2D eigenvalue weighted by Crippen LogP contribution is 2.41. The average molecular weight is 393 g/mol. The molecule has 0 aromatic carbocycles. The first kappa shape index (κ1) is 18.3. The molecule has 1 aliphatic carbocycles. The maximum Gasteiger partial charge on any atom is 0.274 e. The van der Waals surface area contributed by atoms with Crippen LogP contribution in [0, 0.1) is 5.41 Å². The van der Waals surface area contributed by atoms with Crippen LogP contribution < -0.4 is 0 Å². The number of hydrogen-bond donors (Lipinski definition) is 1. The fourth-order valence-electron chi connectivity index (χ4n) is 4.88. The molecule has 0 bridgehead atoms. The third kappa shape index (κ3) is 3.78. The van der Waals surface area contributed by atoms with Crippen molar-refractivity contribution in [2.45, 2.75) is 51.0 Å². The summed E-state index contributed by atoms with van der Waals surface area (Å²) < 4.78 is 0. The maximum atomic E-state index is 13.1. The molecule has 4 heterocycles. The standard InChI is InChI=1S/C22H27N5O2/c28-20-6-8-22(15-27(20)13-16-3-1-9-23-12-16)7-2-10-26(14-22)21(29)19-11-18(24-25-19)17-4-5-17/h1,3,9,11-12,17H,2,4-8,10,13-15H2,(H,24,25)/t22-/m1/s1. The van der Waals surface area contributed by atoms with Crippen LogP contribution in [0.3, 0.4) is 0 Å². The zero-order chi connectivity index (χ0) is 19.8. The van der Waals surface area contributed by atoms with Gasteiger partial charge in [0.1, 0.15) is 5.69 Å². The minimum atomic E-state index is -0.0142. The van der Waals surface area contributed by atoms with Crippen LogP contribution in [0.2, 0.25) is 0 Å². The molecule has 1 N–H and O–H groups in total. The van der Waals surface area contributed by atoms with E-state index in [9.17, 15) is 9.59 Å². The fraction of sp³-hybridized carbons (Fsp3) is 0.545. The van der Waals surface area contributed by atoms with Gasteiger partial charge in [-0.25, -0.2) is 0 Å². The van der Waals surface area contributed by atoms with Gasteiger partial charge in [0.25, 0.3) is 5.91 Å². The van der Waals surface area contributed by atoms with Crippen molar-refractivity contribution in [1.29, 1.82) is 0 Å². The molecular weight excluding hydrogens is 366 g/mol. The van der Waals surface area contributed by atoms with Gasteiger partial charge in [0.2, 0.25) is 5.91 Å². The third-order valence-corrected chi connectivity index (χ3v) is 6.63. The Hall–Kier alpha value is -2.70. The van der Waals surface area contributed by atoms with Crippen LogP contribution in [0.1, 0.15) is 66.2 Å². The van der Waals surface area contributed by atoms with Gasteiger partial charge >= 0.3 is 0 Å². The molecule has 3 aliphatic rings. The maximum absolute atomic E-state index is 13.1. The quantitative estimate of drug-likeness (QED) is 0.866. The first-order valence-electron chi connectivity index (χ1n) is 10.6. The normalized spacial score (nSPS) is 24.9. The third-order valence-electron chi connectivity index (χ3n) is 6.63. The summed E-state index contributed by atoms with van der Waals surface area (Å²) >= 11 is 0. The van der Waals surface area contributed by atoms with Crippen LogP contribution in [-0.4, -0.2) is 56.4 Å². The Balaban J connectivity index is 1.29. The Morgan fingerprint density at radius 2 is 2.17 bits per heavy atom. The molecule has 0 unspecified atom stereocenters. The van der Waals surface area contributed by atoms with Gasteiger partial charge in [-0.15, -0.1) is 0 Å². The van der Waals surface area contributed by atoms with E-state index in [-0.39, 0.29) is 17.2 Å². The molecule has 7 nitrogen and oxygen atoms in total. The number of H-pyrrole nitrogens is 1. The molecule has 1 atom stereocenters. The van der Waals surface area contributed by atoms with Crippen LogP contribution in [0.5, 0.6) is 0 Å². The highest BCUT2D eigenvalue weighted by molar-refractivity contribution is 5.92. The van der Waals surface area contributed by atoms with E-state index in [1.165, 1.54) is 12.8 Å². The van der Waals surface area contributed by atoms with Crippen molar-refractivity contribution in [3.8, 4) is 0 Å². The van der Waals surface area contributed by atoms with Gasteiger partial charge < -0.3 is 9.80 Å². The molecule has 3 fully saturated rings. The summed E-state index contributed by atoms with van der Waals surface area (Å²) in [6.07, 6.45) is 9.37. The van der Waals surface area contributed by atoms with E-state index >= 15 is 0 Å². The van der Waals surface area contributed by atoms with E-state index < -0.39 is 0 Å². The summed E-state index contributed by atoms with van der Waals surface area (Å²) in [5.74, 6) is 0.773. The lowest BCUT2D eigenvalue weighted by Crippen LogP contribution is -2.54. The van der Waals surface area contributed by atoms with Crippen LogP contribution in [0.25, 0.3) is 0 Å². The first-order chi connectivity index (χ1) is 14.1. The summed E-state index contributed by atoms with van der Waals surface area (Å²) in [7, 11) is 0. The number of piperidine rings is 2. The Morgan fingerprint density at radius 1 is 1.28 bits per heavy atom. The van der Waals surface area contributed by atoms with Crippen LogP contribution >= 0.6 is 0 Å². The summed E-state index contributed by atoms with van der Waals surface area (Å²) in [5.41, 5.74) is 2.65. The summed E-state index contributed by atoms with van der Waals surface area (Å²) in [5, 5.41) is 7.32. The van der Waals surface area contributed by atoms with Crippen LogP contribution in [0.4, 0.5) is 0 Å². The summed E-state index contributed by atoms with van der Waals surface area (Å²) in [6, 6.07) is 5.84. The zero-order valence-electron chi connectivity index (χ0n) is 16.6. The van der Waals surface area contributed by atoms with E-state index in [1.54, 1.807) is 6.20 Å². The number of amides is 2. The second kappa shape index (κ2) is 7.28. The molecule has 2 amide bonds. The lowest BCUT2D eigenvalue weighted by atomic mass is 9.73. The van der Waals surface area contributed by atoms with E-state index in [0.29, 0.717) is 37.7 Å². The van der Waals surface area contributed by atoms with Crippen molar-refractivity contribution in [1.82, 2.24) is 25.0 Å². The van der Waals surface area contributed by atoms with E-state index in [2.05, 4.69) is 15.2 Å². The number of carbonyl (C=O) groups is 2. The summed E-state index contributed by atoms with van der Waals surface area (Å²) in [4.78, 5) is 33.7. The number of aromatic nitrogens is 3. The Morgan fingerprint density at radius 3 is 2.97 bits per heavy atom. The molecule has 0 radical (unpaired) electrons. The molecule has 2 aromatic rings. The number of rotatable bonds is 4. The molecule has 1 saturated carbocycles. The van der Waals surface area contributed by atoms with Gasteiger partial charge in [-0.1, -0.05) is 6.07 Å². The number of nitrogens with zero attached hydrogens (tertiary/aromatic N) is 4. The Kier molecular flexibility index (Phi) is 4.60. The molecular formula is C22H27N5O2. The highest BCUT2D eigenvalue weighted by Gasteiger charge is 2.43. The molecule has 2 aliphatic heterocycles. The predicted octanol–water partition coefficient (Wildman–Crippen LogP) is 2.73. The number of carbonyl (C=O) groups excluding carboxylic acids is 2. The van der Waals surface area contributed by atoms with Gasteiger partial charge in [0.15, 0.2) is 0 Å². The topological polar surface area (TPSA) is 82.2 Å². The van der Waals surface area contributed by atoms with E-state index in [4.69, 9.17) is 0 Å². The number of pyridine rings is 1. The fourth-order valence-corrected chi connectivity index (χ4v) is 4.88. The number of hydrogen-bond acceptors (Lipinski definition) is 4. The molecule has 2 saturated heterocycles. The minimum absolute atomic E-state index is 0.0142. The van der Waals surface area contributed by atoms with E-state index in [1.807, 2.05) is 34.2 Å². The second-order valence-corrected chi connectivity index (χ2v) is 8.92. The van der Waals surface area contributed by atoms with Crippen molar-refractivity contribution < 1.29 is 9.59 Å². The smallest absolute Gasteiger partial charge is 0.274 e. The molecule has 5 rings (SSSR count). The van der Waals surface area contributed by atoms with Gasteiger partial charge in [-0.3, -0.25) is 19.7 Å². The SMILES string of the molecule is O=C1CC[C@@]2(CCCN(C(=O)c3cc(C4CC4)[nH]n3)C2)CN1Cc1cccnc1. The van der Waals surface area contributed by atoms with Crippen LogP contribution in [0.15, 0.2) is 30.6 Å². The number of likely N-dealkylation sites (tertiary alicyclic amines) is 2. The van der Waals surface area contributed by atoms with Gasteiger partial charge in [-0.2, -0.15) is 5.10 Å². The van der Waals surface area contributed by atoms with Crippen LogP contribution in [-0.2, 0) is 11.3 Å². The zero-order valence-corrected chi connectivity index (χ0v) is 16.6. The average Bonchev–Trinajstić information content (AvgIpc) is 3.48. The lowest BCUT2D eigenvalue weighted by molar-refractivity contribution is -0.139. The van der Waals surface area contributed by atoms with Gasteiger partial charge in [0.05, 0.1) is 0 Å². The van der Waals surface area contributed by atoms with Crippen molar-refractivity contribution in [3.63, 3.8) is 0 Å². The van der Waals surface area contributed by atoms with E-state index in [0.717, 1.165) is 37.1 Å². The molecule has 152 valence electrons. The number of aromatic amines is 1. The Bertz CT molecular complexity index is 907. The lowest BCUT2D eigenvalue weighted by Gasteiger charge is -2.48. The highest BCUT2D eigenvalue weighted by atomic mass is 16.2. The minimum Gasteiger partial charge on any atom is -0.338 e. The monoisotopic (exact) mass is 393 g/mol. The predicted molar refractivity (Wildman–Crippen MR) is 107 cm³/mol. The summed E-state index contributed by atoms with van der Waals surface area (Å²) in [6.45, 7) is 2.77. The molecule has 29 heavy (non-hydrogen) atoms. The second-order valence-electron chi connectivity index (χ2n) is 8.92. The van der Waals surface area contributed by atoms with Crippen molar-refractivity contribution in [2.24, 2.45) is 5.41 Å². The van der Waals surface area contributed by atoms with Crippen molar-refractivity contribution >= 4 is 11.8 Å². The van der Waals surface area contributed by atoms with Crippen molar-refractivity contribution in [3.05, 3.63) is 47.5 Å². The number of nitrogens with one attached hydrogen (secondary N) is 1. The van der Waals surface area contributed by atoms with Crippen molar-refractivity contribution in [2.75, 3.05) is 19.6 Å². The Labute approximate surface area is 170 Å². The first-order valence-corrected chi connectivity index (χ1v) is 10.6. The van der Waals surface area contributed by atoms with Gasteiger partial charge in [0, 0.05) is 62.0 Å². The largest absolute Gasteiger partial charge is 0.338 e.